The SMILES string of the molecule is Cc1ccc(N(C)C(CN)c2ccc3c(c2)OCO3)cc1. The highest BCUT2D eigenvalue weighted by molar-refractivity contribution is 5.52. The van der Waals surface area contributed by atoms with Gasteiger partial charge in [-0.05, 0) is 36.8 Å². The van der Waals surface area contributed by atoms with Crippen LogP contribution in [0.5, 0.6) is 11.5 Å². The normalized spacial score (nSPS) is 14.0. The predicted molar refractivity (Wildman–Crippen MR) is 83.9 cm³/mol. The Morgan fingerprint density at radius 2 is 1.81 bits per heavy atom. The second-order valence-corrected chi connectivity index (χ2v) is 5.31. The molecule has 2 aromatic rings. The van der Waals surface area contributed by atoms with Crippen LogP contribution in [0.1, 0.15) is 17.2 Å². The number of benzene rings is 2. The molecule has 1 unspecified atom stereocenters. The lowest BCUT2D eigenvalue weighted by Gasteiger charge is -2.29. The van der Waals surface area contributed by atoms with Crippen LogP contribution in [-0.4, -0.2) is 20.4 Å². The van der Waals surface area contributed by atoms with Gasteiger partial charge in [0.15, 0.2) is 11.5 Å². The van der Waals surface area contributed by atoms with Crippen LogP contribution >= 0.6 is 0 Å². The molecule has 1 aliphatic rings. The predicted octanol–water partition coefficient (Wildman–Crippen LogP) is 2.86. The van der Waals surface area contributed by atoms with Gasteiger partial charge >= 0.3 is 0 Å². The first-order valence-corrected chi connectivity index (χ1v) is 7.08. The van der Waals surface area contributed by atoms with Gasteiger partial charge in [0.05, 0.1) is 6.04 Å². The fourth-order valence-electron chi connectivity index (χ4n) is 2.60. The molecule has 0 spiro atoms. The summed E-state index contributed by atoms with van der Waals surface area (Å²) in [5, 5.41) is 0. The molecule has 0 radical (unpaired) electrons. The van der Waals surface area contributed by atoms with Gasteiger partial charge < -0.3 is 20.1 Å². The molecule has 0 aromatic heterocycles. The molecule has 2 N–H and O–H groups in total. The van der Waals surface area contributed by atoms with Crippen molar-refractivity contribution in [2.75, 3.05) is 25.3 Å². The summed E-state index contributed by atoms with van der Waals surface area (Å²) >= 11 is 0. The molecule has 0 aliphatic carbocycles. The van der Waals surface area contributed by atoms with Gasteiger partial charge in [-0.25, -0.2) is 0 Å². The van der Waals surface area contributed by atoms with E-state index in [1.54, 1.807) is 0 Å². The summed E-state index contributed by atoms with van der Waals surface area (Å²) in [6.45, 7) is 2.91. The van der Waals surface area contributed by atoms with Gasteiger partial charge in [0.1, 0.15) is 0 Å². The Bertz CT molecular complexity index is 625. The number of rotatable bonds is 4. The highest BCUT2D eigenvalue weighted by Crippen LogP contribution is 2.35. The maximum absolute atomic E-state index is 6.00. The zero-order chi connectivity index (χ0) is 14.8. The van der Waals surface area contributed by atoms with Crippen LogP contribution in [0, 0.1) is 6.92 Å². The molecule has 0 amide bonds. The molecule has 1 aliphatic heterocycles. The second-order valence-electron chi connectivity index (χ2n) is 5.31. The quantitative estimate of drug-likeness (QED) is 0.938. The number of anilines is 1. The van der Waals surface area contributed by atoms with Gasteiger partial charge in [0, 0.05) is 19.3 Å². The van der Waals surface area contributed by atoms with Gasteiger partial charge in [-0.3, -0.25) is 0 Å². The van der Waals surface area contributed by atoms with Crippen LogP contribution in [-0.2, 0) is 0 Å². The summed E-state index contributed by atoms with van der Waals surface area (Å²) in [6.07, 6.45) is 0. The first-order valence-electron chi connectivity index (χ1n) is 7.08. The first-order chi connectivity index (χ1) is 10.2. The number of ether oxygens (including phenoxy) is 2. The minimum Gasteiger partial charge on any atom is -0.454 e. The van der Waals surface area contributed by atoms with Crippen molar-refractivity contribution in [1.29, 1.82) is 0 Å². The molecule has 2 aromatic carbocycles. The number of aryl methyl sites for hydroxylation is 1. The van der Waals surface area contributed by atoms with Gasteiger partial charge in [-0.15, -0.1) is 0 Å². The van der Waals surface area contributed by atoms with Gasteiger partial charge in [0.25, 0.3) is 0 Å². The lowest BCUT2D eigenvalue weighted by Crippen LogP contribution is -2.30. The van der Waals surface area contributed by atoms with Crippen LogP contribution in [0.3, 0.4) is 0 Å². The third-order valence-electron chi connectivity index (χ3n) is 3.91. The Kier molecular flexibility index (Phi) is 3.71. The highest BCUT2D eigenvalue weighted by Gasteiger charge is 2.20. The molecule has 1 heterocycles. The molecule has 1 atom stereocenters. The standard InChI is InChI=1S/C17H20N2O2/c1-12-3-6-14(7-4-12)19(2)15(10-18)13-5-8-16-17(9-13)21-11-20-16/h3-9,15H,10-11,18H2,1-2H3. The first kappa shape index (κ1) is 13.8. The minimum atomic E-state index is 0.0993. The van der Waals surface area contributed by atoms with Gasteiger partial charge in [-0.2, -0.15) is 0 Å². The van der Waals surface area contributed by atoms with E-state index in [2.05, 4.69) is 49.2 Å². The van der Waals surface area contributed by atoms with Crippen LogP contribution in [0.25, 0.3) is 0 Å². The van der Waals surface area contributed by atoms with E-state index in [9.17, 15) is 0 Å². The minimum absolute atomic E-state index is 0.0993. The largest absolute Gasteiger partial charge is 0.454 e. The van der Waals surface area contributed by atoms with E-state index >= 15 is 0 Å². The Labute approximate surface area is 125 Å². The summed E-state index contributed by atoms with van der Waals surface area (Å²) in [6, 6.07) is 14.6. The van der Waals surface area contributed by atoms with Crippen molar-refractivity contribution >= 4 is 5.69 Å². The maximum Gasteiger partial charge on any atom is 0.231 e. The summed E-state index contributed by atoms with van der Waals surface area (Å²) in [4.78, 5) is 2.19. The number of likely N-dealkylation sites (N-methyl/N-ethyl adjacent to an activating group) is 1. The lowest BCUT2D eigenvalue weighted by atomic mass is 10.0. The molecule has 0 bridgehead atoms. The molecule has 110 valence electrons. The molecule has 0 fully saturated rings. The monoisotopic (exact) mass is 284 g/mol. The fourth-order valence-corrected chi connectivity index (χ4v) is 2.60. The zero-order valence-electron chi connectivity index (χ0n) is 12.4. The third-order valence-corrected chi connectivity index (χ3v) is 3.91. The Morgan fingerprint density at radius 1 is 1.10 bits per heavy atom. The lowest BCUT2D eigenvalue weighted by molar-refractivity contribution is 0.174. The van der Waals surface area contributed by atoms with Crippen molar-refractivity contribution in [3.8, 4) is 11.5 Å². The summed E-state index contributed by atoms with van der Waals surface area (Å²) in [5.74, 6) is 1.59. The van der Waals surface area contributed by atoms with Gasteiger partial charge in [-0.1, -0.05) is 23.8 Å². The van der Waals surface area contributed by atoms with E-state index in [1.807, 2.05) is 12.1 Å². The molecular weight excluding hydrogens is 264 g/mol. The van der Waals surface area contributed by atoms with Crippen molar-refractivity contribution in [3.63, 3.8) is 0 Å². The molecule has 21 heavy (non-hydrogen) atoms. The van der Waals surface area contributed by atoms with Crippen LogP contribution in [0.4, 0.5) is 5.69 Å². The molecule has 4 nitrogen and oxygen atoms in total. The number of nitrogens with zero attached hydrogens (tertiary/aromatic N) is 1. The molecule has 3 rings (SSSR count). The molecule has 0 saturated carbocycles. The van der Waals surface area contributed by atoms with Crippen molar-refractivity contribution < 1.29 is 9.47 Å². The zero-order valence-corrected chi connectivity index (χ0v) is 12.4. The van der Waals surface area contributed by atoms with Crippen molar-refractivity contribution in [2.24, 2.45) is 5.73 Å². The van der Waals surface area contributed by atoms with Crippen molar-refractivity contribution in [1.82, 2.24) is 0 Å². The topological polar surface area (TPSA) is 47.7 Å². The number of hydrogen-bond acceptors (Lipinski definition) is 4. The molecule has 4 heteroatoms. The van der Waals surface area contributed by atoms with E-state index in [1.165, 1.54) is 5.56 Å². The Morgan fingerprint density at radius 3 is 2.52 bits per heavy atom. The Balaban J connectivity index is 1.88. The number of fused-ring (bicyclic) bond motifs is 1. The average Bonchev–Trinajstić information content (AvgIpc) is 2.96. The van der Waals surface area contributed by atoms with E-state index in [0.29, 0.717) is 13.3 Å². The maximum atomic E-state index is 6.00. The van der Waals surface area contributed by atoms with Crippen LogP contribution in [0.15, 0.2) is 42.5 Å². The summed E-state index contributed by atoms with van der Waals surface area (Å²) < 4.78 is 10.8. The number of nitrogens with two attached hydrogens (primary N) is 1. The second kappa shape index (κ2) is 5.66. The smallest absolute Gasteiger partial charge is 0.231 e. The summed E-state index contributed by atoms with van der Waals surface area (Å²) in [7, 11) is 2.06. The molecular formula is C17H20N2O2. The van der Waals surface area contributed by atoms with Gasteiger partial charge in [0.2, 0.25) is 6.79 Å². The van der Waals surface area contributed by atoms with Crippen LogP contribution in [0.2, 0.25) is 0 Å². The number of hydrogen-bond donors (Lipinski definition) is 1. The van der Waals surface area contributed by atoms with Crippen LogP contribution < -0.4 is 20.1 Å². The Hall–Kier alpha value is -2.20. The van der Waals surface area contributed by atoms with E-state index in [0.717, 1.165) is 22.7 Å². The average molecular weight is 284 g/mol. The van der Waals surface area contributed by atoms with E-state index in [4.69, 9.17) is 15.2 Å². The summed E-state index contributed by atoms with van der Waals surface area (Å²) in [5.41, 5.74) is 9.53. The van der Waals surface area contributed by atoms with Crippen molar-refractivity contribution in [2.45, 2.75) is 13.0 Å². The highest BCUT2D eigenvalue weighted by atomic mass is 16.7. The fraction of sp³-hybridized carbons (Fsp3) is 0.294. The van der Waals surface area contributed by atoms with Crippen molar-refractivity contribution in [3.05, 3.63) is 53.6 Å². The van der Waals surface area contributed by atoms with E-state index < -0.39 is 0 Å². The third kappa shape index (κ3) is 2.67. The molecule has 0 saturated heterocycles. The van der Waals surface area contributed by atoms with E-state index in [-0.39, 0.29) is 6.04 Å².